The molecule has 2 atom stereocenters. The molecule has 0 saturated heterocycles. The maximum atomic E-state index is 12.8. The molecule has 1 amide bonds. The second kappa shape index (κ2) is 12.2. The van der Waals surface area contributed by atoms with Crippen LogP contribution < -0.4 is 14.8 Å². The Bertz CT molecular complexity index is 1040. The molecule has 1 aliphatic carbocycles. The monoisotopic (exact) mass is 574 g/mol. The van der Waals surface area contributed by atoms with E-state index in [1.54, 1.807) is 12.1 Å². The number of hydrogen-bond donors (Lipinski definition) is 1. The summed E-state index contributed by atoms with van der Waals surface area (Å²) in [5.41, 5.74) is 1.78. The van der Waals surface area contributed by atoms with Gasteiger partial charge in [0.25, 0.3) is 5.91 Å². The van der Waals surface area contributed by atoms with Crippen molar-refractivity contribution in [1.82, 2.24) is 5.32 Å². The highest BCUT2D eigenvalue weighted by Crippen LogP contribution is 2.38. The normalized spacial score (nSPS) is 18.3. The van der Waals surface area contributed by atoms with E-state index in [1.807, 2.05) is 43.3 Å². The third-order valence-corrected chi connectivity index (χ3v) is 6.85. The molecule has 1 fully saturated rings. The molecule has 1 saturated carbocycles. The number of amides is 1. The van der Waals surface area contributed by atoms with Crippen LogP contribution in [-0.2, 0) is 11.4 Å². The van der Waals surface area contributed by atoms with Gasteiger partial charge in [0.05, 0.1) is 11.1 Å². The van der Waals surface area contributed by atoms with Crippen molar-refractivity contribution in [2.24, 2.45) is 5.92 Å². The fraction of sp³-hybridized carbons (Fsp3) is 0.385. The number of halogens is 2. The summed E-state index contributed by atoms with van der Waals surface area (Å²) in [5, 5.41) is 12.7. The molecule has 0 aromatic heterocycles. The number of ether oxygens (including phenoxy) is 2. The van der Waals surface area contributed by atoms with Gasteiger partial charge in [0.2, 0.25) is 0 Å². The van der Waals surface area contributed by atoms with Crippen molar-refractivity contribution in [2.45, 2.75) is 52.2 Å². The lowest BCUT2D eigenvalue weighted by Gasteiger charge is -2.29. The minimum absolute atomic E-state index is 0.0747. The molecular formula is C26H28Br2N2O3. The standard InChI is InChI=1S/C26H28Br2N2O3/c1-3-32-24-14-19(12-20(15-29)26(31)30-23-7-5-4-6-17(23)2)13-22(28)25(24)33-16-18-8-10-21(27)11-9-18/h8-14,17,23H,3-7,16H2,1-2H3,(H,30,31)/b20-12+/t17-,23-/m1/s1. The van der Waals surface area contributed by atoms with E-state index in [1.165, 1.54) is 6.42 Å². The molecule has 0 unspecified atom stereocenters. The average Bonchev–Trinajstić information content (AvgIpc) is 2.79. The Labute approximate surface area is 212 Å². The smallest absolute Gasteiger partial charge is 0.262 e. The Morgan fingerprint density at radius 3 is 2.58 bits per heavy atom. The molecule has 1 N–H and O–H groups in total. The minimum Gasteiger partial charge on any atom is -0.490 e. The molecular weight excluding hydrogens is 548 g/mol. The molecule has 2 aromatic rings. The summed E-state index contributed by atoms with van der Waals surface area (Å²) in [6.07, 6.45) is 5.94. The van der Waals surface area contributed by atoms with E-state index in [9.17, 15) is 10.1 Å². The molecule has 0 bridgehead atoms. The first-order chi connectivity index (χ1) is 15.9. The van der Waals surface area contributed by atoms with Gasteiger partial charge in [-0.1, -0.05) is 47.8 Å². The summed E-state index contributed by atoms with van der Waals surface area (Å²) in [5.74, 6) is 1.22. The summed E-state index contributed by atoms with van der Waals surface area (Å²) in [4.78, 5) is 12.8. The van der Waals surface area contributed by atoms with Crippen LogP contribution in [0.2, 0.25) is 0 Å². The van der Waals surface area contributed by atoms with Crippen LogP contribution in [0.4, 0.5) is 0 Å². The molecule has 174 valence electrons. The number of nitrogens with one attached hydrogen (secondary N) is 1. The third kappa shape index (κ3) is 7.09. The maximum Gasteiger partial charge on any atom is 0.262 e. The van der Waals surface area contributed by atoms with Gasteiger partial charge in [-0.05, 0) is 83.1 Å². The first kappa shape index (κ1) is 25.3. The van der Waals surface area contributed by atoms with E-state index in [2.05, 4.69) is 44.1 Å². The molecule has 1 aliphatic rings. The van der Waals surface area contributed by atoms with Crippen LogP contribution in [0.3, 0.4) is 0 Å². The number of nitriles is 1. The quantitative estimate of drug-likeness (QED) is 0.278. The fourth-order valence-electron chi connectivity index (χ4n) is 3.90. The topological polar surface area (TPSA) is 71.3 Å². The predicted molar refractivity (Wildman–Crippen MR) is 137 cm³/mol. The average molecular weight is 576 g/mol. The zero-order chi connectivity index (χ0) is 23.8. The number of benzene rings is 2. The molecule has 0 heterocycles. The minimum atomic E-state index is -0.333. The number of rotatable bonds is 8. The highest BCUT2D eigenvalue weighted by atomic mass is 79.9. The van der Waals surface area contributed by atoms with Gasteiger partial charge < -0.3 is 14.8 Å². The van der Waals surface area contributed by atoms with Crippen LogP contribution in [0.5, 0.6) is 11.5 Å². The lowest BCUT2D eigenvalue weighted by Crippen LogP contribution is -2.41. The van der Waals surface area contributed by atoms with E-state index >= 15 is 0 Å². The highest BCUT2D eigenvalue weighted by molar-refractivity contribution is 9.10. The van der Waals surface area contributed by atoms with Crippen molar-refractivity contribution in [3.8, 4) is 17.6 Å². The number of carbonyl (C=O) groups is 1. The van der Waals surface area contributed by atoms with Gasteiger partial charge in [0.1, 0.15) is 18.2 Å². The zero-order valence-corrected chi connectivity index (χ0v) is 22.0. The summed E-state index contributed by atoms with van der Waals surface area (Å²) in [6, 6.07) is 13.7. The van der Waals surface area contributed by atoms with Crippen LogP contribution >= 0.6 is 31.9 Å². The number of carbonyl (C=O) groups excluding carboxylic acids is 1. The van der Waals surface area contributed by atoms with Gasteiger partial charge >= 0.3 is 0 Å². The molecule has 2 aromatic carbocycles. The fourth-order valence-corrected chi connectivity index (χ4v) is 4.74. The van der Waals surface area contributed by atoms with E-state index in [-0.39, 0.29) is 17.5 Å². The van der Waals surface area contributed by atoms with E-state index in [0.717, 1.165) is 29.3 Å². The highest BCUT2D eigenvalue weighted by Gasteiger charge is 2.24. The van der Waals surface area contributed by atoms with Crippen LogP contribution in [0.1, 0.15) is 50.7 Å². The lowest BCUT2D eigenvalue weighted by molar-refractivity contribution is -0.118. The Kier molecular flexibility index (Phi) is 9.40. The van der Waals surface area contributed by atoms with Gasteiger partial charge in [-0.3, -0.25) is 4.79 Å². The van der Waals surface area contributed by atoms with Crippen molar-refractivity contribution < 1.29 is 14.3 Å². The van der Waals surface area contributed by atoms with E-state index < -0.39 is 0 Å². The summed E-state index contributed by atoms with van der Waals surface area (Å²) < 4.78 is 13.5. The van der Waals surface area contributed by atoms with Gasteiger partial charge in [-0.15, -0.1) is 0 Å². The van der Waals surface area contributed by atoms with Crippen LogP contribution in [-0.4, -0.2) is 18.6 Å². The molecule has 5 nitrogen and oxygen atoms in total. The van der Waals surface area contributed by atoms with E-state index in [4.69, 9.17) is 9.47 Å². The van der Waals surface area contributed by atoms with E-state index in [0.29, 0.717) is 40.7 Å². The Balaban J connectivity index is 1.79. The Morgan fingerprint density at radius 1 is 1.18 bits per heavy atom. The lowest BCUT2D eigenvalue weighted by atomic mass is 9.86. The second-order valence-electron chi connectivity index (χ2n) is 8.19. The molecule has 0 spiro atoms. The van der Waals surface area contributed by atoms with Gasteiger partial charge in [-0.2, -0.15) is 5.26 Å². The van der Waals surface area contributed by atoms with Crippen LogP contribution in [0.15, 0.2) is 50.9 Å². The summed E-state index contributed by atoms with van der Waals surface area (Å²) >= 11 is 7.00. The molecule has 3 rings (SSSR count). The largest absolute Gasteiger partial charge is 0.490 e. The Morgan fingerprint density at radius 2 is 1.91 bits per heavy atom. The number of hydrogen-bond acceptors (Lipinski definition) is 4. The maximum absolute atomic E-state index is 12.8. The molecule has 7 heteroatoms. The van der Waals surface area contributed by atoms with Gasteiger partial charge in [-0.25, -0.2) is 0 Å². The van der Waals surface area contributed by atoms with Crippen LogP contribution in [0.25, 0.3) is 6.08 Å². The van der Waals surface area contributed by atoms with Crippen molar-refractivity contribution >= 4 is 43.8 Å². The summed E-state index contributed by atoms with van der Waals surface area (Å²) in [7, 11) is 0. The first-order valence-electron chi connectivity index (χ1n) is 11.2. The second-order valence-corrected chi connectivity index (χ2v) is 9.96. The molecule has 33 heavy (non-hydrogen) atoms. The zero-order valence-electron chi connectivity index (χ0n) is 18.9. The van der Waals surface area contributed by atoms with Gasteiger partial charge in [0, 0.05) is 10.5 Å². The van der Waals surface area contributed by atoms with Crippen molar-refractivity contribution in [1.29, 1.82) is 5.26 Å². The molecule has 0 aliphatic heterocycles. The third-order valence-electron chi connectivity index (χ3n) is 5.73. The molecule has 0 radical (unpaired) electrons. The van der Waals surface area contributed by atoms with Crippen molar-refractivity contribution in [3.63, 3.8) is 0 Å². The summed E-state index contributed by atoms with van der Waals surface area (Å²) in [6.45, 7) is 4.89. The Hall–Kier alpha value is -2.30. The van der Waals surface area contributed by atoms with Crippen molar-refractivity contribution in [2.75, 3.05) is 6.61 Å². The number of nitrogens with zero attached hydrogens (tertiary/aromatic N) is 1. The van der Waals surface area contributed by atoms with Gasteiger partial charge in [0.15, 0.2) is 11.5 Å². The predicted octanol–water partition coefficient (Wildman–Crippen LogP) is 6.79. The first-order valence-corrected chi connectivity index (χ1v) is 12.8. The van der Waals surface area contributed by atoms with Crippen molar-refractivity contribution in [3.05, 3.63) is 62.0 Å². The van der Waals surface area contributed by atoms with Crippen LogP contribution in [0, 0.1) is 17.2 Å². The SMILES string of the molecule is CCOc1cc(/C=C(\C#N)C(=O)N[C@@H]2CCCC[C@H]2C)cc(Br)c1OCc1ccc(Br)cc1.